The van der Waals surface area contributed by atoms with Gasteiger partial charge < -0.3 is 10.2 Å². The molecule has 2 rings (SSSR count). The van der Waals surface area contributed by atoms with Gasteiger partial charge in [0.15, 0.2) is 6.29 Å². The van der Waals surface area contributed by atoms with Crippen molar-refractivity contribution >= 4 is 15.9 Å². The van der Waals surface area contributed by atoms with Crippen molar-refractivity contribution in [1.29, 1.82) is 0 Å². The summed E-state index contributed by atoms with van der Waals surface area (Å²) in [5, 5.41) is 18.1. The average molecular weight is 271 g/mol. The van der Waals surface area contributed by atoms with Crippen LogP contribution in [0.5, 0.6) is 0 Å². The molecule has 0 aromatic rings. The van der Waals surface area contributed by atoms with Gasteiger partial charge in [-0.05, 0) is 24.8 Å². The van der Waals surface area contributed by atoms with Crippen LogP contribution in [0.2, 0.25) is 0 Å². The van der Waals surface area contributed by atoms with Gasteiger partial charge in [-0.2, -0.15) is 0 Å². The maximum absolute atomic E-state index is 9.04. The molecule has 82 valence electrons. The van der Waals surface area contributed by atoms with Crippen molar-refractivity contribution in [2.75, 3.05) is 0 Å². The first kappa shape index (κ1) is 11.1. The molecule has 2 aliphatic rings. The number of alkyl halides is 1. The Labute approximate surface area is 98.1 Å². The lowest BCUT2D eigenvalue weighted by atomic mass is 10.1. The molecule has 0 aromatic carbocycles. The first-order valence-corrected chi connectivity index (χ1v) is 5.92. The van der Waals surface area contributed by atoms with Gasteiger partial charge in [0.2, 0.25) is 0 Å². The lowest BCUT2D eigenvalue weighted by Crippen LogP contribution is -2.09. The van der Waals surface area contributed by atoms with Gasteiger partial charge in [-0.15, -0.1) is 0 Å². The van der Waals surface area contributed by atoms with E-state index in [1.807, 2.05) is 6.08 Å². The molecule has 2 nitrogen and oxygen atoms in total. The van der Waals surface area contributed by atoms with Gasteiger partial charge in [-0.1, -0.05) is 46.3 Å². The number of aliphatic hydroxyl groups excluding tert-OH is 1. The maximum atomic E-state index is 9.04. The Hall–Kier alpha value is -0.380. The van der Waals surface area contributed by atoms with Crippen molar-refractivity contribution in [2.24, 2.45) is 11.8 Å². The standard InChI is InChI=1S/C12H15BrO2/c1-12(13)5-2-3-8(4-6-12)9-7-10(9)11(14)15/h2-6,9-11,14-15H,7H2,1H3. The van der Waals surface area contributed by atoms with E-state index in [1.165, 1.54) is 5.57 Å². The van der Waals surface area contributed by atoms with E-state index in [1.54, 1.807) is 0 Å². The van der Waals surface area contributed by atoms with Crippen LogP contribution in [0.25, 0.3) is 0 Å². The Morgan fingerprint density at radius 3 is 2.80 bits per heavy atom. The summed E-state index contributed by atoms with van der Waals surface area (Å²) in [5.74, 6) is 0.335. The van der Waals surface area contributed by atoms with Crippen molar-refractivity contribution < 1.29 is 10.2 Å². The zero-order chi connectivity index (χ0) is 11.1. The number of hydrogen-bond donors (Lipinski definition) is 2. The monoisotopic (exact) mass is 270 g/mol. The maximum Gasteiger partial charge on any atom is 0.154 e. The number of halogens is 1. The van der Waals surface area contributed by atoms with E-state index in [0.717, 1.165) is 6.42 Å². The molecule has 0 amide bonds. The molecular formula is C12H15BrO2. The fourth-order valence-corrected chi connectivity index (χ4v) is 2.18. The molecule has 0 spiro atoms. The van der Waals surface area contributed by atoms with Crippen molar-refractivity contribution in [2.45, 2.75) is 24.0 Å². The van der Waals surface area contributed by atoms with E-state index in [2.05, 4.69) is 47.2 Å². The van der Waals surface area contributed by atoms with Gasteiger partial charge in [0.1, 0.15) is 0 Å². The summed E-state index contributed by atoms with van der Waals surface area (Å²) < 4.78 is -0.0898. The predicted octanol–water partition coefficient (Wildman–Crippen LogP) is 2.14. The number of rotatable bonds is 2. The van der Waals surface area contributed by atoms with Crippen LogP contribution in [-0.4, -0.2) is 20.8 Å². The summed E-state index contributed by atoms with van der Waals surface area (Å²) in [6.45, 7) is 2.07. The minimum atomic E-state index is -1.17. The van der Waals surface area contributed by atoms with Crippen molar-refractivity contribution in [3.63, 3.8) is 0 Å². The van der Waals surface area contributed by atoms with Gasteiger partial charge in [-0.3, -0.25) is 0 Å². The highest BCUT2D eigenvalue weighted by atomic mass is 79.9. The molecule has 0 bridgehead atoms. The number of hydrogen-bond acceptors (Lipinski definition) is 2. The molecule has 2 aliphatic carbocycles. The number of aliphatic hydroxyl groups is 2. The zero-order valence-electron chi connectivity index (χ0n) is 8.60. The highest BCUT2D eigenvalue weighted by molar-refractivity contribution is 9.10. The van der Waals surface area contributed by atoms with E-state index in [4.69, 9.17) is 10.2 Å². The first-order chi connectivity index (χ1) is 6.99. The normalized spacial score (nSPS) is 39.1. The van der Waals surface area contributed by atoms with Crippen molar-refractivity contribution in [3.8, 4) is 0 Å². The van der Waals surface area contributed by atoms with Crippen LogP contribution in [0.15, 0.2) is 36.0 Å². The van der Waals surface area contributed by atoms with Crippen LogP contribution in [0.1, 0.15) is 13.3 Å². The van der Waals surface area contributed by atoms with Crippen LogP contribution in [0, 0.1) is 11.8 Å². The lowest BCUT2D eigenvalue weighted by molar-refractivity contribution is -0.0589. The summed E-state index contributed by atoms with van der Waals surface area (Å²) in [7, 11) is 0. The van der Waals surface area contributed by atoms with Gasteiger partial charge in [0, 0.05) is 5.92 Å². The fraction of sp³-hybridized carbons (Fsp3) is 0.500. The summed E-state index contributed by atoms with van der Waals surface area (Å²) in [5.41, 5.74) is 1.19. The molecule has 0 aromatic heterocycles. The zero-order valence-corrected chi connectivity index (χ0v) is 10.2. The van der Waals surface area contributed by atoms with E-state index in [0.29, 0.717) is 5.92 Å². The minimum absolute atomic E-state index is 0.0222. The lowest BCUT2D eigenvalue weighted by Gasteiger charge is -2.10. The Bertz CT molecular complexity index is 340. The van der Waals surface area contributed by atoms with Crippen LogP contribution in [-0.2, 0) is 0 Å². The Morgan fingerprint density at radius 1 is 1.47 bits per heavy atom. The summed E-state index contributed by atoms with van der Waals surface area (Å²) in [6, 6.07) is 0. The Kier molecular flexibility index (Phi) is 2.88. The molecule has 2 N–H and O–H groups in total. The molecule has 3 unspecified atom stereocenters. The molecular weight excluding hydrogens is 256 g/mol. The predicted molar refractivity (Wildman–Crippen MR) is 63.5 cm³/mol. The summed E-state index contributed by atoms with van der Waals surface area (Å²) in [6.07, 6.45) is 10.00. The third kappa shape index (κ3) is 2.60. The van der Waals surface area contributed by atoms with Gasteiger partial charge >= 0.3 is 0 Å². The van der Waals surface area contributed by atoms with Crippen LogP contribution in [0.3, 0.4) is 0 Å². The fourth-order valence-electron chi connectivity index (χ4n) is 1.89. The molecule has 0 saturated heterocycles. The molecule has 0 aliphatic heterocycles. The summed E-state index contributed by atoms with van der Waals surface area (Å²) in [4.78, 5) is 0. The Balaban J connectivity index is 2.08. The van der Waals surface area contributed by atoms with Crippen molar-refractivity contribution in [3.05, 3.63) is 36.0 Å². The molecule has 0 heterocycles. The van der Waals surface area contributed by atoms with E-state index in [9.17, 15) is 0 Å². The summed E-state index contributed by atoms with van der Waals surface area (Å²) >= 11 is 3.58. The molecule has 0 radical (unpaired) electrons. The minimum Gasteiger partial charge on any atom is -0.368 e. The van der Waals surface area contributed by atoms with Crippen molar-refractivity contribution in [1.82, 2.24) is 0 Å². The molecule has 1 saturated carbocycles. The highest BCUT2D eigenvalue weighted by Crippen LogP contribution is 2.47. The largest absolute Gasteiger partial charge is 0.368 e. The molecule has 3 heteroatoms. The van der Waals surface area contributed by atoms with Gasteiger partial charge in [-0.25, -0.2) is 0 Å². The third-order valence-corrected chi connectivity index (χ3v) is 3.49. The quantitative estimate of drug-likeness (QED) is 0.596. The second-order valence-corrected chi connectivity index (χ2v) is 6.14. The van der Waals surface area contributed by atoms with Crippen LogP contribution < -0.4 is 0 Å². The third-order valence-electron chi connectivity index (χ3n) is 2.96. The molecule has 1 fully saturated rings. The van der Waals surface area contributed by atoms with Gasteiger partial charge in [0.05, 0.1) is 4.32 Å². The second-order valence-electron chi connectivity index (χ2n) is 4.43. The first-order valence-electron chi connectivity index (χ1n) is 5.13. The van der Waals surface area contributed by atoms with E-state index >= 15 is 0 Å². The number of allylic oxidation sites excluding steroid dienone is 6. The Morgan fingerprint density at radius 2 is 2.20 bits per heavy atom. The second kappa shape index (κ2) is 3.89. The topological polar surface area (TPSA) is 40.5 Å². The SMILES string of the molecule is CC1(Br)C=CC=C(C2CC2C(O)O)C=C1. The van der Waals surface area contributed by atoms with Crippen LogP contribution in [0.4, 0.5) is 0 Å². The van der Waals surface area contributed by atoms with E-state index < -0.39 is 6.29 Å². The highest BCUT2D eigenvalue weighted by Gasteiger charge is 2.43. The smallest absolute Gasteiger partial charge is 0.154 e. The molecule has 15 heavy (non-hydrogen) atoms. The average Bonchev–Trinajstić information content (AvgIpc) is 2.88. The van der Waals surface area contributed by atoms with E-state index in [-0.39, 0.29) is 10.2 Å². The van der Waals surface area contributed by atoms with Gasteiger partial charge in [0.25, 0.3) is 0 Å². The van der Waals surface area contributed by atoms with Crippen LogP contribution >= 0.6 is 15.9 Å². The molecule has 3 atom stereocenters.